The summed E-state index contributed by atoms with van der Waals surface area (Å²) < 4.78 is 26.9. The van der Waals surface area contributed by atoms with E-state index >= 15 is 0 Å². The maximum Gasteiger partial charge on any atom is 0.244 e. The standard InChI is InChI=1S/C22H19F2NO3/c23-18-7-3-6-15(21(18)24)10-11-20(28)25-22(19(27)13-26)17-9-8-14-4-1-2-5-16(14)12-17/h1-12,19,22,26-27H,13H2,(H,25,28)/t19-,22-/m1/s1. The second-order valence-electron chi connectivity index (χ2n) is 6.32. The Morgan fingerprint density at radius 2 is 1.79 bits per heavy atom. The minimum Gasteiger partial charge on any atom is -0.394 e. The van der Waals surface area contributed by atoms with Crippen LogP contribution in [0.4, 0.5) is 8.78 Å². The quantitative estimate of drug-likeness (QED) is 0.572. The Balaban J connectivity index is 1.82. The Hall–Kier alpha value is -3.09. The molecule has 6 heteroatoms. The first-order valence-corrected chi connectivity index (χ1v) is 8.70. The summed E-state index contributed by atoms with van der Waals surface area (Å²) in [5.74, 6) is -2.67. The van der Waals surface area contributed by atoms with Crippen molar-refractivity contribution in [3.05, 3.63) is 89.5 Å². The number of carbonyl (C=O) groups excluding carboxylic acids is 1. The largest absolute Gasteiger partial charge is 0.394 e. The number of aliphatic hydroxyl groups is 2. The van der Waals surface area contributed by atoms with Crippen LogP contribution in [-0.4, -0.2) is 28.8 Å². The van der Waals surface area contributed by atoms with E-state index in [0.29, 0.717) is 5.56 Å². The molecule has 0 aliphatic carbocycles. The molecule has 2 atom stereocenters. The van der Waals surface area contributed by atoms with E-state index in [2.05, 4.69) is 5.32 Å². The maximum atomic E-state index is 13.7. The van der Waals surface area contributed by atoms with E-state index in [1.807, 2.05) is 36.4 Å². The molecular formula is C22H19F2NO3. The van der Waals surface area contributed by atoms with Gasteiger partial charge in [-0.15, -0.1) is 0 Å². The van der Waals surface area contributed by atoms with E-state index in [4.69, 9.17) is 0 Å². The molecule has 0 unspecified atom stereocenters. The van der Waals surface area contributed by atoms with Crippen molar-refractivity contribution >= 4 is 22.8 Å². The van der Waals surface area contributed by atoms with E-state index in [-0.39, 0.29) is 5.56 Å². The molecule has 0 aromatic heterocycles. The fraction of sp³-hybridized carbons (Fsp3) is 0.136. The lowest BCUT2D eigenvalue weighted by molar-refractivity contribution is -0.118. The molecule has 3 aromatic rings. The molecular weight excluding hydrogens is 364 g/mol. The van der Waals surface area contributed by atoms with Crippen LogP contribution >= 0.6 is 0 Å². The zero-order valence-electron chi connectivity index (χ0n) is 14.8. The summed E-state index contributed by atoms with van der Waals surface area (Å²) in [6, 6.07) is 15.8. The van der Waals surface area contributed by atoms with Crippen LogP contribution < -0.4 is 5.32 Å². The van der Waals surface area contributed by atoms with Gasteiger partial charge in [-0.25, -0.2) is 8.78 Å². The van der Waals surface area contributed by atoms with Crippen molar-refractivity contribution in [2.45, 2.75) is 12.1 Å². The Kier molecular flexibility index (Phi) is 6.13. The van der Waals surface area contributed by atoms with Crippen molar-refractivity contribution in [2.24, 2.45) is 0 Å². The average molecular weight is 383 g/mol. The molecule has 0 spiro atoms. The van der Waals surface area contributed by atoms with Crippen molar-refractivity contribution in [1.29, 1.82) is 0 Å². The van der Waals surface area contributed by atoms with Crippen LogP contribution in [0.5, 0.6) is 0 Å². The number of amides is 1. The minimum absolute atomic E-state index is 0.0693. The van der Waals surface area contributed by atoms with Gasteiger partial charge in [-0.2, -0.15) is 0 Å². The van der Waals surface area contributed by atoms with Gasteiger partial charge in [0.1, 0.15) is 6.10 Å². The molecule has 3 aromatic carbocycles. The summed E-state index contributed by atoms with van der Waals surface area (Å²) in [4.78, 5) is 12.3. The first-order valence-electron chi connectivity index (χ1n) is 8.70. The number of hydrogen-bond acceptors (Lipinski definition) is 3. The van der Waals surface area contributed by atoms with Gasteiger partial charge >= 0.3 is 0 Å². The highest BCUT2D eigenvalue weighted by molar-refractivity contribution is 5.92. The molecule has 144 valence electrons. The second kappa shape index (κ2) is 8.73. The molecule has 0 saturated heterocycles. The summed E-state index contributed by atoms with van der Waals surface area (Å²) in [6.07, 6.45) is 0.969. The van der Waals surface area contributed by atoms with E-state index < -0.39 is 36.3 Å². The summed E-state index contributed by atoms with van der Waals surface area (Å²) in [6.45, 7) is -0.556. The molecule has 0 aliphatic heterocycles. The fourth-order valence-electron chi connectivity index (χ4n) is 2.92. The molecule has 0 bridgehead atoms. The SMILES string of the molecule is O=C(C=Cc1cccc(F)c1F)N[C@H](c1ccc2ccccc2c1)[C@H](O)CO. The van der Waals surface area contributed by atoms with E-state index in [1.54, 1.807) is 6.07 Å². The number of rotatable bonds is 6. The number of fused-ring (bicyclic) bond motifs is 1. The molecule has 3 N–H and O–H groups in total. The molecule has 28 heavy (non-hydrogen) atoms. The molecule has 1 amide bonds. The van der Waals surface area contributed by atoms with E-state index in [0.717, 1.165) is 29.0 Å². The lowest BCUT2D eigenvalue weighted by atomic mass is 9.98. The number of carbonyl (C=O) groups is 1. The van der Waals surface area contributed by atoms with Gasteiger partial charge in [-0.1, -0.05) is 48.5 Å². The molecule has 4 nitrogen and oxygen atoms in total. The van der Waals surface area contributed by atoms with Gasteiger partial charge in [0.2, 0.25) is 5.91 Å². The molecule has 3 rings (SSSR count). The van der Waals surface area contributed by atoms with Crippen LogP contribution in [0.3, 0.4) is 0 Å². The molecule has 0 aliphatic rings. The average Bonchev–Trinajstić information content (AvgIpc) is 2.72. The van der Waals surface area contributed by atoms with Crippen molar-refractivity contribution in [2.75, 3.05) is 6.61 Å². The van der Waals surface area contributed by atoms with E-state index in [9.17, 15) is 23.8 Å². The lowest BCUT2D eigenvalue weighted by Gasteiger charge is -2.23. The van der Waals surface area contributed by atoms with E-state index in [1.165, 1.54) is 12.1 Å². The van der Waals surface area contributed by atoms with Gasteiger partial charge in [0.05, 0.1) is 12.6 Å². The Bertz CT molecular complexity index is 1020. The van der Waals surface area contributed by atoms with Gasteiger partial charge in [-0.05, 0) is 34.5 Å². The van der Waals surface area contributed by atoms with Crippen molar-refractivity contribution in [1.82, 2.24) is 5.32 Å². The number of halogens is 2. The third-order valence-electron chi connectivity index (χ3n) is 4.40. The summed E-state index contributed by atoms with van der Waals surface area (Å²) in [7, 11) is 0. The van der Waals surface area contributed by atoms with Crippen LogP contribution in [0.2, 0.25) is 0 Å². The number of benzene rings is 3. The van der Waals surface area contributed by atoms with Gasteiger partial charge in [-0.3, -0.25) is 4.79 Å². The highest BCUT2D eigenvalue weighted by Gasteiger charge is 2.22. The summed E-state index contributed by atoms with van der Waals surface area (Å²) in [5, 5.41) is 24.0. The molecule has 0 radical (unpaired) electrons. The zero-order valence-corrected chi connectivity index (χ0v) is 14.8. The number of hydrogen-bond donors (Lipinski definition) is 3. The van der Waals surface area contributed by atoms with Crippen molar-refractivity contribution in [3.8, 4) is 0 Å². The van der Waals surface area contributed by atoms with Crippen LogP contribution in [0, 0.1) is 11.6 Å². The highest BCUT2D eigenvalue weighted by Crippen LogP contribution is 2.23. The molecule has 0 saturated carbocycles. The predicted octanol–water partition coefficient (Wildman–Crippen LogP) is 3.34. The van der Waals surface area contributed by atoms with Crippen LogP contribution in [-0.2, 0) is 4.79 Å². The first-order chi connectivity index (χ1) is 13.5. The topological polar surface area (TPSA) is 69.6 Å². The van der Waals surface area contributed by atoms with Gasteiger partial charge < -0.3 is 15.5 Å². The van der Waals surface area contributed by atoms with Gasteiger partial charge in [0.25, 0.3) is 0 Å². The van der Waals surface area contributed by atoms with Crippen LogP contribution in [0.15, 0.2) is 66.7 Å². The van der Waals surface area contributed by atoms with Crippen LogP contribution in [0.25, 0.3) is 16.8 Å². The third kappa shape index (κ3) is 4.42. The minimum atomic E-state index is -1.23. The Morgan fingerprint density at radius 1 is 1.04 bits per heavy atom. The second-order valence-corrected chi connectivity index (χ2v) is 6.32. The fourth-order valence-corrected chi connectivity index (χ4v) is 2.92. The highest BCUT2D eigenvalue weighted by atomic mass is 19.2. The first kappa shape index (κ1) is 19.7. The van der Waals surface area contributed by atoms with Crippen molar-refractivity contribution < 1.29 is 23.8 Å². The third-order valence-corrected chi connectivity index (χ3v) is 4.40. The van der Waals surface area contributed by atoms with Gasteiger partial charge in [0.15, 0.2) is 11.6 Å². The van der Waals surface area contributed by atoms with Gasteiger partial charge in [0, 0.05) is 11.6 Å². The Labute approximate surface area is 160 Å². The van der Waals surface area contributed by atoms with Crippen molar-refractivity contribution in [3.63, 3.8) is 0 Å². The summed E-state index contributed by atoms with van der Waals surface area (Å²) >= 11 is 0. The smallest absolute Gasteiger partial charge is 0.244 e. The lowest BCUT2D eigenvalue weighted by Crippen LogP contribution is -2.37. The molecule has 0 heterocycles. The monoisotopic (exact) mass is 383 g/mol. The maximum absolute atomic E-state index is 13.7. The number of aliphatic hydroxyl groups excluding tert-OH is 2. The normalized spacial score (nSPS) is 13.6. The number of nitrogens with one attached hydrogen (secondary N) is 1. The predicted molar refractivity (Wildman–Crippen MR) is 103 cm³/mol. The zero-order chi connectivity index (χ0) is 20.1. The Morgan fingerprint density at radius 3 is 2.54 bits per heavy atom. The summed E-state index contributed by atoms with van der Waals surface area (Å²) in [5.41, 5.74) is 0.541. The van der Waals surface area contributed by atoms with Crippen LogP contribution in [0.1, 0.15) is 17.2 Å². The molecule has 0 fully saturated rings.